The number of carboxylic acid groups (broad SMARTS) is 1. The summed E-state index contributed by atoms with van der Waals surface area (Å²) in [4.78, 5) is 25.1. The third-order valence-corrected chi connectivity index (χ3v) is 3.32. The summed E-state index contributed by atoms with van der Waals surface area (Å²) in [5.74, 6) is -1.67. The molecule has 2 unspecified atom stereocenters. The van der Waals surface area contributed by atoms with Crippen molar-refractivity contribution in [2.45, 2.75) is 25.8 Å². The second-order valence-electron chi connectivity index (χ2n) is 4.51. The Morgan fingerprint density at radius 1 is 1.47 bits per heavy atom. The molecule has 1 fully saturated rings. The Morgan fingerprint density at radius 3 is 2.53 bits per heavy atom. The number of carbonyl (C=O) groups is 2. The van der Waals surface area contributed by atoms with Crippen LogP contribution in [-0.4, -0.2) is 70.7 Å². The second kappa shape index (κ2) is 6.65. The third-order valence-electron chi connectivity index (χ3n) is 3.32. The molecule has 1 rings (SSSR count). The Morgan fingerprint density at radius 2 is 2.11 bits per heavy atom. The highest BCUT2D eigenvalue weighted by molar-refractivity contribution is 5.78. The molecule has 19 heavy (non-hydrogen) atoms. The first-order valence-electron chi connectivity index (χ1n) is 6.05. The quantitative estimate of drug-likeness (QED) is 0.766. The van der Waals surface area contributed by atoms with E-state index in [4.69, 9.17) is 10.2 Å². The van der Waals surface area contributed by atoms with Gasteiger partial charge < -0.3 is 20.0 Å². The molecule has 2 N–H and O–H groups in total. The number of hydrogen-bond donors (Lipinski definition) is 2. The van der Waals surface area contributed by atoms with Crippen LogP contribution in [0.25, 0.3) is 0 Å². The fraction of sp³-hybridized carbons (Fsp3) is 0.818. The maximum Gasteiger partial charge on any atom is 0.320 e. The van der Waals surface area contributed by atoms with Crippen LogP contribution >= 0.6 is 0 Å². The lowest BCUT2D eigenvalue weighted by molar-refractivity contribution is -0.142. The van der Waals surface area contributed by atoms with E-state index in [-0.39, 0.29) is 13.1 Å². The molecule has 0 aromatic rings. The van der Waals surface area contributed by atoms with Crippen LogP contribution in [0.15, 0.2) is 0 Å². The zero-order valence-electron chi connectivity index (χ0n) is 10.6. The number of urea groups is 1. The molecule has 110 valence electrons. The first-order chi connectivity index (χ1) is 8.88. The fourth-order valence-corrected chi connectivity index (χ4v) is 2.27. The monoisotopic (exact) mass is 280 g/mol. The van der Waals surface area contributed by atoms with E-state index in [1.54, 1.807) is 6.92 Å². The molecule has 2 atom stereocenters. The lowest BCUT2D eigenvalue weighted by Gasteiger charge is -2.30. The normalized spacial score (nSPS) is 22.9. The molecule has 1 aliphatic rings. The van der Waals surface area contributed by atoms with Gasteiger partial charge in [0.2, 0.25) is 0 Å². The van der Waals surface area contributed by atoms with Gasteiger partial charge in [-0.15, -0.1) is 0 Å². The maximum atomic E-state index is 12.4. The van der Waals surface area contributed by atoms with Gasteiger partial charge in [0.25, 0.3) is 6.43 Å². The van der Waals surface area contributed by atoms with Crippen LogP contribution in [0, 0.1) is 5.92 Å². The maximum absolute atomic E-state index is 12.4. The van der Waals surface area contributed by atoms with Crippen molar-refractivity contribution in [2.75, 3.05) is 26.2 Å². The van der Waals surface area contributed by atoms with Gasteiger partial charge in [0, 0.05) is 19.1 Å². The van der Waals surface area contributed by atoms with Gasteiger partial charge in [0.05, 0.1) is 19.1 Å². The molecule has 6 nitrogen and oxygen atoms in total. The number of alkyl halides is 2. The van der Waals surface area contributed by atoms with E-state index < -0.39 is 43.5 Å². The summed E-state index contributed by atoms with van der Waals surface area (Å²) in [7, 11) is 0. The van der Waals surface area contributed by atoms with Crippen molar-refractivity contribution in [1.29, 1.82) is 0 Å². The number of aliphatic carboxylic acids is 1. The van der Waals surface area contributed by atoms with E-state index in [0.717, 1.165) is 4.90 Å². The minimum absolute atomic E-state index is 0.190. The molecule has 0 spiro atoms. The van der Waals surface area contributed by atoms with Crippen molar-refractivity contribution in [3.05, 3.63) is 0 Å². The van der Waals surface area contributed by atoms with Crippen molar-refractivity contribution in [3.63, 3.8) is 0 Å². The molecule has 0 aliphatic carbocycles. The minimum atomic E-state index is -2.69. The molecule has 2 amide bonds. The topological polar surface area (TPSA) is 81.1 Å². The van der Waals surface area contributed by atoms with E-state index in [0.29, 0.717) is 6.42 Å². The van der Waals surface area contributed by atoms with Crippen molar-refractivity contribution in [1.82, 2.24) is 9.80 Å². The highest BCUT2D eigenvalue weighted by Gasteiger charge is 2.39. The van der Waals surface area contributed by atoms with E-state index in [9.17, 15) is 18.4 Å². The van der Waals surface area contributed by atoms with Crippen LogP contribution < -0.4 is 0 Å². The summed E-state index contributed by atoms with van der Waals surface area (Å²) in [5.41, 5.74) is 0. The summed E-state index contributed by atoms with van der Waals surface area (Å²) >= 11 is 0. The Balaban J connectivity index is 2.72. The van der Waals surface area contributed by atoms with Crippen LogP contribution in [0.2, 0.25) is 0 Å². The van der Waals surface area contributed by atoms with E-state index in [1.165, 1.54) is 4.90 Å². The number of aliphatic hydroxyl groups is 1. The lowest BCUT2D eigenvalue weighted by Crippen LogP contribution is -2.48. The van der Waals surface area contributed by atoms with Gasteiger partial charge in [-0.3, -0.25) is 4.79 Å². The van der Waals surface area contributed by atoms with Crippen LogP contribution in [0.4, 0.5) is 13.6 Å². The molecule has 1 aliphatic heterocycles. The van der Waals surface area contributed by atoms with Crippen molar-refractivity contribution in [2.24, 2.45) is 5.92 Å². The van der Waals surface area contributed by atoms with Gasteiger partial charge in [0.15, 0.2) is 0 Å². The molecule has 0 aromatic heterocycles. The molecule has 0 radical (unpaired) electrons. The summed E-state index contributed by atoms with van der Waals surface area (Å²) in [6.45, 7) is 0.443. The van der Waals surface area contributed by atoms with E-state index in [1.807, 2.05) is 0 Å². The van der Waals surface area contributed by atoms with Crippen molar-refractivity contribution < 1.29 is 28.6 Å². The van der Waals surface area contributed by atoms with Gasteiger partial charge in [-0.25, -0.2) is 13.6 Å². The summed E-state index contributed by atoms with van der Waals surface area (Å²) < 4.78 is 24.7. The zero-order chi connectivity index (χ0) is 14.6. The average Bonchev–Trinajstić information content (AvgIpc) is 2.69. The van der Waals surface area contributed by atoms with Crippen molar-refractivity contribution in [3.8, 4) is 0 Å². The lowest BCUT2D eigenvalue weighted by atomic mass is 10.0. The first-order valence-corrected chi connectivity index (χ1v) is 6.05. The van der Waals surface area contributed by atoms with Crippen LogP contribution in [0.3, 0.4) is 0 Å². The number of likely N-dealkylation sites (tertiary alicyclic amines) is 1. The summed E-state index contributed by atoms with van der Waals surface area (Å²) in [6, 6.07) is -1.19. The largest absolute Gasteiger partial charge is 0.481 e. The number of rotatable bonds is 5. The minimum Gasteiger partial charge on any atom is -0.481 e. The molecule has 0 bridgehead atoms. The third kappa shape index (κ3) is 3.76. The van der Waals surface area contributed by atoms with Gasteiger partial charge >= 0.3 is 12.0 Å². The van der Waals surface area contributed by atoms with Crippen LogP contribution in [-0.2, 0) is 4.79 Å². The number of aliphatic hydroxyl groups excluding tert-OH is 1. The number of amides is 2. The Kier molecular flexibility index (Phi) is 5.46. The SMILES string of the molecule is CC1C(C(=O)O)CCN1C(=O)N(CCO)CC(F)F. The predicted octanol–water partition coefficient (Wildman–Crippen LogP) is 0.461. The molecule has 1 saturated heterocycles. The van der Waals surface area contributed by atoms with Crippen molar-refractivity contribution >= 4 is 12.0 Å². The van der Waals surface area contributed by atoms with Gasteiger partial charge in [-0.05, 0) is 13.3 Å². The Hall–Kier alpha value is -1.44. The van der Waals surface area contributed by atoms with Crippen LogP contribution in [0.5, 0.6) is 0 Å². The molecule has 0 aromatic carbocycles. The van der Waals surface area contributed by atoms with E-state index in [2.05, 4.69) is 0 Å². The molecule has 8 heteroatoms. The molecule has 1 heterocycles. The number of hydrogen-bond acceptors (Lipinski definition) is 3. The van der Waals surface area contributed by atoms with Crippen LogP contribution in [0.1, 0.15) is 13.3 Å². The van der Waals surface area contributed by atoms with Gasteiger partial charge in [-0.1, -0.05) is 0 Å². The number of halogens is 2. The van der Waals surface area contributed by atoms with Gasteiger partial charge in [-0.2, -0.15) is 0 Å². The standard InChI is InChI=1S/C11H18F2N2O4/c1-7-8(10(17)18)2-3-15(7)11(19)14(4-5-16)6-9(12)13/h7-9,16H,2-6H2,1H3,(H,17,18). The predicted molar refractivity (Wildman–Crippen MR) is 62.0 cm³/mol. The molecular weight excluding hydrogens is 262 g/mol. The van der Waals surface area contributed by atoms with Gasteiger partial charge in [0.1, 0.15) is 0 Å². The Labute approximate surface area is 109 Å². The second-order valence-corrected chi connectivity index (χ2v) is 4.51. The first kappa shape index (κ1) is 15.6. The smallest absolute Gasteiger partial charge is 0.320 e. The number of carbonyl (C=O) groups excluding carboxylic acids is 1. The summed E-state index contributed by atoms with van der Waals surface area (Å²) in [6.07, 6.45) is -2.38. The molecule has 0 saturated carbocycles. The number of carboxylic acids is 1. The van der Waals surface area contributed by atoms with E-state index >= 15 is 0 Å². The number of nitrogens with zero attached hydrogens (tertiary/aromatic N) is 2. The zero-order valence-corrected chi connectivity index (χ0v) is 10.6. The fourth-order valence-electron chi connectivity index (χ4n) is 2.27. The highest BCUT2D eigenvalue weighted by atomic mass is 19.3. The Bertz CT molecular complexity index is 341. The summed E-state index contributed by atoms with van der Waals surface area (Å²) in [5, 5.41) is 17.8. The average molecular weight is 280 g/mol. The molecular formula is C11H18F2N2O4. The highest BCUT2D eigenvalue weighted by Crippen LogP contribution is 2.25.